The van der Waals surface area contributed by atoms with Crippen molar-refractivity contribution in [3.8, 4) is 5.82 Å². The summed E-state index contributed by atoms with van der Waals surface area (Å²) in [6, 6.07) is 5.46. The molecule has 4 aromatic rings. The summed E-state index contributed by atoms with van der Waals surface area (Å²) in [6.07, 6.45) is 3.96. The Morgan fingerprint density at radius 2 is 2.21 bits per heavy atom. The molecule has 0 radical (unpaired) electrons. The van der Waals surface area contributed by atoms with Crippen molar-refractivity contribution >= 4 is 28.2 Å². The van der Waals surface area contributed by atoms with E-state index in [0.717, 1.165) is 11.9 Å². The smallest absolute Gasteiger partial charge is 0.279 e. The number of para-hydroxylation sites is 1. The quantitative estimate of drug-likeness (QED) is 0.509. The lowest BCUT2D eigenvalue weighted by molar-refractivity contribution is 0.108. The molecule has 0 spiro atoms. The molecule has 0 aliphatic carbocycles. The monoisotopic (exact) mass is 414 g/mol. The van der Waals surface area contributed by atoms with E-state index in [1.54, 1.807) is 34.7 Å². The van der Waals surface area contributed by atoms with Crippen molar-refractivity contribution in [2.24, 2.45) is 0 Å². The van der Waals surface area contributed by atoms with Crippen LogP contribution >= 0.6 is 11.6 Å². The zero-order chi connectivity index (χ0) is 20.1. The van der Waals surface area contributed by atoms with Crippen LogP contribution in [0.5, 0.6) is 0 Å². The third-order valence-corrected chi connectivity index (χ3v) is 5.66. The Kier molecular flexibility index (Phi) is 4.38. The maximum absolute atomic E-state index is 13.7. The van der Waals surface area contributed by atoms with Gasteiger partial charge in [-0.05, 0) is 25.5 Å². The van der Waals surface area contributed by atoms with Gasteiger partial charge in [-0.15, -0.1) is 5.10 Å². The van der Waals surface area contributed by atoms with Crippen LogP contribution in [0.4, 0.5) is 0 Å². The number of imidazole rings is 1. The van der Waals surface area contributed by atoms with Gasteiger partial charge in [0, 0.05) is 13.7 Å². The normalized spacial score (nSPS) is 19.6. The largest absolute Gasteiger partial charge is 0.378 e. The molecule has 1 fully saturated rings. The fraction of sp³-hybridized carbons (Fsp3) is 0.368. The molecule has 1 aliphatic heterocycles. The number of aromatic nitrogens is 6. The zero-order valence-corrected chi connectivity index (χ0v) is 16.7. The van der Waals surface area contributed by atoms with Crippen molar-refractivity contribution < 1.29 is 9.47 Å². The molecule has 1 aromatic carbocycles. The van der Waals surface area contributed by atoms with Gasteiger partial charge in [-0.25, -0.2) is 4.98 Å². The van der Waals surface area contributed by atoms with Crippen LogP contribution in [0.3, 0.4) is 0 Å². The fourth-order valence-electron chi connectivity index (χ4n) is 4.03. The van der Waals surface area contributed by atoms with Crippen molar-refractivity contribution in [2.45, 2.75) is 32.1 Å². The van der Waals surface area contributed by atoms with Crippen molar-refractivity contribution in [1.29, 1.82) is 0 Å². The van der Waals surface area contributed by atoms with Gasteiger partial charge in [-0.2, -0.15) is 4.68 Å². The van der Waals surface area contributed by atoms with E-state index >= 15 is 0 Å². The number of benzene rings is 1. The summed E-state index contributed by atoms with van der Waals surface area (Å²) in [5.41, 5.74) is 2.34. The highest BCUT2D eigenvalue weighted by Crippen LogP contribution is 2.32. The van der Waals surface area contributed by atoms with Gasteiger partial charge in [0.15, 0.2) is 11.3 Å². The summed E-state index contributed by atoms with van der Waals surface area (Å²) in [5, 5.41) is 8.71. The van der Waals surface area contributed by atoms with Gasteiger partial charge in [0.1, 0.15) is 12.0 Å². The molecular formula is C19H19ClN6O3. The minimum absolute atomic E-state index is 0.0966. The van der Waals surface area contributed by atoms with Crippen LogP contribution in [0.1, 0.15) is 25.1 Å². The molecule has 0 bridgehead atoms. The Morgan fingerprint density at radius 3 is 2.97 bits per heavy atom. The molecule has 9 nitrogen and oxygen atoms in total. The van der Waals surface area contributed by atoms with Crippen LogP contribution in [0, 0.1) is 0 Å². The number of methoxy groups -OCH3 is 1. The Hall–Kier alpha value is -2.75. The molecule has 4 heterocycles. The Balaban J connectivity index is 1.84. The molecule has 2 unspecified atom stereocenters. The topological polar surface area (TPSA) is 88.5 Å². The maximum Gasteiger partial charge on any atom is 0.279 e. The first-order valence-electron chi connectivity index (χ1n) is 9.32. The molecule has 150 valence electrons. The fourth-order valence-corrected chi connectivity index (χ4v) is 4.29. The Bertz CT molecular complexity index is 1280. The van der Waals surface area contributed by atoms with Gasteiger partial charge in [0.2, 0.25) is 0 Å². The molecule has 2 atom stereocenters. The Morgan fingerprint density at radius 1 is 1.34 bits per heavy atom. The van der Waals surface area contributed by atoms with Crippen LogP contribution < -0.4 is 5.56 Å². The van der Waals surface area contributed by atoms with E-state index in [2.05, 4.69) is 15.3 Å². The predicted molar refractivity (Wildman–Crippen MR) is 107 cm³/mol. The van der Waals surface area contributed by atoms with Gasteiger partial charge in [-0.3, -0.25) is 13.8 Å². The van der Waals surface area contributed by atoms with Crippen molar-refractivity contribution in [1.82, 2.24) is 28.9 Å². The van der Waals surface area contributed by atoms with Crippen LogP contribution in [0.2, 0.25) is 5.02 Å². The molecule has 3 aromatic heterocycles. The van der Waals surface area contributed by atoms with Gasteiger partial charge in [0.25, 0.3) is 5.56 Å². The standard InChI is InChI=1S/C19H19ClN6O3/c1-11-14(6-7-29-11)26-16-13(20)4-3-5-15(16)24-10-21-18(17(24)19(26)27)25-8-12(9-28-2)22-23-25/h3-5,8,10-11,14H,6-7,9H2,1-2H3. The maximum atomic E-state index is 13.7. The highest BCUT2D eigenvalue weighted by molar-refractivity contribution is 6.35. The second-order valence-corrected chi connectivity index (χ2v) is 7.50. The van der Waals surface area contributed by atoms with Crippen LogP contribution in [-0.4, -0.2) is 48.8 Å². The second kappa shape index (κ2) is 6.94. The second-order valence-electron chi connectivity index (χ2n) is 7.09. The number of halogens is 1. The molecule has 1 aliphatic rings. The van der Waals surface area contributed by atoms with E-state index in [9.17, 15) is 4.79 Å². The number of fused-ring (bicyclic) bond motifs is 3. The van der Waals surface area contributed by atoms with Crippen molar-refractivity contribution in [2.75, 3.05) is 13.7 Å². The molecule has 1 saturated heterocycles. The van der Waals surface area contributed by atoms with E-state index in [0.29, 0.717) is 40.8 Å². The zero-order valence-electron chi connectivity index (χ0n) is 15.9. The highest BCUT2D eigenvalue weighted by Gasteiger charge is 2.30. The lowest BCUT2D eigenvalue weighted by atomic mass is 10.1. The minimum atomic E-state index is -0.191. The first kappa shape index (κ1) is 18.3. The molecule has 5 rings (SSSR count). The number of hydrogen-bond acceptors (Lipinski definition) is 6. The summed E-state index contributed by atoms with van der Waals surface area (Å²) in [4.78, 5) is 18.2. The van der Waals surface area contributed by atoms with Gasteiger partial charge in [0.05, 0.1) is 41.0 Å². The predicted octanol–water partition coefficient (Wildman–Crippen LogP) is 2.38. The van der Waals surface area contributed by atoms with Gasteiger partial charge < -0.3 is 9.47 Å². The van der Waals surface area contributed by atoms with Crippen molar-refractivity contribution in [3.05, 3.63) is 51.8 Å². The summed E-state index contributed by atoms with van der Waals surface area (Å²) in [5.74, 6) is 0.409. The third-order valence-electron chi connectivity index (χ3n) is 5.35. The Labute approximate surface area is 170 Å². The molecule has 0 saturated carbocycles. The lowest BCUT2D eigenvalue weighted by Crippen LogP contribution is -2.31. The lowest BCUT2D eigenvalue weighted by Gasteiger charge is -2.21. The van der Waals surface area contributed by atoms with Crippen LogP contribution in [0.25, 0.3) is 22.4 Å². The van der Waals surface area contributed by atoms with Crippen molar-refractivity contribution in [3.63, 3.8) is 0 Å². The SMILES string of the molecule is COCc1cn(-c2ncn3c2c(=O)n(C2CCOC2C)c2c(Cl)cccc23)nn1. The third kappa shape index (κ3) is 2.77. The van der Waals surface area contributed by atoms with E-state index in [4.69, 9.17) is 21.1 Å². The first-order valence-corrected chi connectivity index (χ1v) is 9.70. The van der Waals surface area contributed by atoms with Crippen LogP contribution in [-0.2, 0) is 16.1 Å². The molecule has 29 heavy (non-hydrogen) atoms. The van der Waals surface area contributed by atoms with E-state index in [1.165, 1.54) is 4.68 Å². The number of rotatable bonds is 4. The molecule has 10 heteroatoms. The number of hydrogen-bond donors (Lipinski definition) is 0. The summed E-state index contributed by atoms with van der Waals surface area (Å²) < 4.78 is 15.8. The van der Waals surface area contributed by atoms with Gasteiger partial charge in [-0.1, -0.05) is 22.9 Å². The molecule has 0 amide bonds. The van der Waals surface area contributed by atoms with Gasteiger partial charge >= 0.3 is 0 Å². The summed E-state index contributed by atoms with van der Waals surface area (Å²) in [7, 11) is 1.59. The van der Waals surface area contributed by atoms with Crippen LogP contribution in [0.15, 0.2) is 35.5 Å². The minimum Gasteiger partial charge on any atom is -0.378 e. The average molecular weight is 415 g/mol. The average Bonchev–Trinajstić information content (AvgIpc) is 3.43. The number of ether oxygens (including phenoxy) is 2. The highest BCUT2D eigenvalue weighted by atomic mass is 35.5. The molecule has 0 N–H and O–H groups in total. The first-order chi connectivity index (χ1) is 14.1. The summed E-state index contributed by atoms with van der Waals surface area (Å²) in [6.45, 7) is 2.90. The van der Waals surface area contributed by atoms with E-state index in [-0.39, 0.29) is 17.7 Å². The van der Waals surface area contributed by atoms with E-state index in [1.807, 2.05) is 19.1 Å². The summed E-state index contributed by atoms with van der Waals surface area (Å²) >= 11 is 6.55. The molecular weight excluding hydrogens is 396 g/mol. The van der Waals surface area contributed by atoms with E-state index < -0.39 is 0 Å². The number of nitrogens with zero attached hydrogens (tertiary/aromatic N) is 6.